The Morgan fingerprint density at radius 1 is 1.48 bits per heavy atom. The highest BCUT2D eigenvalue weighted by atomic mass is 79.9. The summed E-state index contributed by atoms with van der Waals surface area (Å²) < 4.78 is 34.0. The fourth-order valence-electron chi connectivity index (χ4n) is 1.61. The Labute approximate surface area is 131 Å². The zero-order valence-electron chi connectivity index (χ0n) is 11.3. The maximum absolute atomic E-state index is 12.3. The minimum atomic E-state index is -3.68. The lowest BCUT2D eigenvalue weighted by Crippen LogP contribution is -2.12. The monoisotopic (exact) mass is 374 g/mol. The van der Waals surface area contributed by atoms with Crippen LogP contribution in [0.5, 0.6) is 0 Å². The Morgan fingerprint density at radius 3 is 2.90 bits per heavy atom. The van der Waals surface area contributed by atoms with Gasteiger partial charge in [0.1, 0.15) is 0 Å². The molecule has 0 amide bonds. The van der Waals surface area contributed by atoms with Crippen molar-refractivity contribution in [1.29, 1.82) is 0 Å². The van der Waals surface area contributed by atoms with Gasteiger partial charge >= 0.3 is 0 Å². The van der Waals surface area contributed by atoms with Crippen molar-refractivity contribution in [3.63, 3.8) is 0 Å². The minimum absolute atomic E-state index is 0.119. The van der Waals surface area contributed by atoms with Crippen molar-refractivity contribution in [2.45, 2.75) is 11.4 Å². The summed E-state index contributed by atoms with van der Waals surface area (Å²) in [5, 5.41) is 4.04. The summed E-state index contributed by atoms with van der Waals surface area (Å²) in [5.74, 6) is 0. The van der Waals surface area contributed by atoms with E-state index in [2.05, 4.69) is 25.8 Å². The van der Waals surface area contributed by atoms with Gasteiger partial charge in [-0.3, -0.25) is 9.40 Å². The molecule has 7 nitrogen and oxygen atoms in total. The Morgan fingerprint density at radius 2 is 2.24 bits per heavy atom. The number of aromatic nitrogens is 2. The lowest BCUT2D eigenvalue weighted by atomic mass is 10.3. The molecule has 9 heteroatoms. The smallest absolute Gasteiger partial charge is 0.262 e. The number of nitrogens with zero attached hydrogens (tertiary/aromatic N) is 2. The lowest BCUT2D eigenvalue weighted by molar-refractivity contribution is 0.183. The van der Waals surface area contributed by atoms with Gasteiger partial charge in [0, 0.05) is 23.5 Å². The van der Waals surface area contributed by atoms with E-state index < -0.39 is 10.0 Å². The van der Waals surface area contributed by atoms with Gasteiger partial charge in [0.15, 0.2) is 0 Å². The zero-order valence-corrected chi connectivity index (χ0v) is 13.7. The van der Waals surface area contributed by atoms with Gasteiger partial charge < -0.3 is 10.5 Å². The molecule has 1 aromatic carbocycles. The zero-order chi connectivity index (χ0) is 15.5. The number of rotatable bonds is 6. The Kier molecular flexibility index (Phi) is 4.86. The van der Waals surface area contributed by atoms with Crippen LogP contribution in [0.1, 0.15) is 0 Å². The summed E-state index contributed by atoms with van der Waals surface area (Å²) in [4.78, 5) is 0.119. The van der Waals surface area contributed by atoms with E-state index in [1.54, 1.807) is 18.0 Å². The van der Waals surface area contributed by atoms with E-state index in [-0.39, 0.29) is 4.90 Å². The molecule has 1 aromatic heterocycles. The highest BCUT2D eigenvalue weighted by molar-refractivity contribution is 9.10. The number of hydrogen-bond donors (Lipinski definition) is 2. The number of sulfonamides is 1. The molecule has 0 unspecified atom stereocenters. The molecule has 21 heavy (non-hydrogen) atoms. The van der Waals surface area contributed by atoms with Crippen LogP contribution in [0.3, 0.4) is 0 Å². The first-order chi connectivity index (χ1) is 9.92. The van der Waals surface area contributed by atoms with E-state index >= 15 is 0 Å². The third kappa shape index (κ3) is 3.96. The molecule has 0 aliphatic carbocycles. The van der Waals surface area contributed by atoms with Gasteiger partial charge in [0.25, 0.3) is 10.0 Å². The van der Waals surface area contributed by atoms with Crippen LogP contribution in [0.2, 0.25) is 0 Å². The number of benzene rings is 1. The predicted octanol–water partition coefficient (Wildman–Crippen LogP) is 1.68. The van der Waals surface area contributed by atoms with Crippen molar-refractivity contribution in [1.82, 2.24) is 9.78 Å². The van der Waals surface area contributed by atoms with Crippen LogP contribution >= 0.6 is 15.9 Å². The normalized spacial score (nSPS) is 11.5. The van der Waals surface area contributed by atoms with Gasteiger partial charge in [-0.05, 0) is 34.1 Å². The fraction of sp³-hybridized carbons (Fsp3) is 0.250. The van der Waals surface area contributed by atoms with Gasteiger partial charge in [-0.1, -0.05) is 0 Å². The van der Waals surface area contributed by atoms with Crippen LogP contribution in [0, 0.1) is 0 Å². The summed E-state index contributed by atoms with van der Waals surface area (Å²) in [6.45, 7) is 1.05. The average Bonchev–Trinajstić information content (AvgIpc) is 2.86. The van der Waals surface area contributed by atoms with Gasteiger partial charge in [-0.15, -0.1) is 0 Å². The van der Waals surface area contributed by atoms with Crippen LogP contribution < -0.4 is 10.5 Å². The van der Waals surface area contributed by atoms with Crippen LogP contribution in [0.25, 0.3) is 0 Å². The Bertz CT molecular complexity index is 730. The SMILES string of the molecule is COCCn1cc(NS(=O)(=O)c2ccc(N)c(Br)c2)cn1. The molecule has 0 aliphatic heterocycles. The molecule has 0 fully saturated rings. The second kappa shape index (κ2) is 6.46. The molecule has 2 rings (SSSR count). The quantitative estimate of drug-likeness (QED) is 0.749. The highest BCUT2D eigenvalue weighted by Gasteiger charge is 2.16. The number of methoxy groups -OCH3 is 1. The van der Waals surface area contributed by atoms with Crippen molar-refractivity contribution in [3.05, 3.63) is 35.1 Å². The maximum Gasteiger partial charge on any atom is 0.262 e. The summed E-state index contributed by atoms with van der Waals surface area (Å²) >= 11 is 3.21. The second-order valence-electron chi connectivity index (χ2n) is 4.27. The van der Waals surface area contributed by atoms with Crippen molar-refractivity contribution in [2.75, 3.05) is 24.2 Å². The summed E-state index contributed by atoms with van der Waals surface area (Å²) in [6, 6.07) is 4.42. The first-order valence-corrected chi connectivity index (χ1v) is 8.29. The maximum atomic E-state index is 12.3. The summed E-state index contributed by atoms with van der Waals surface area (Å²) in [6.07, 6.45) is 3.04. The number of ether oxygens (including phenoxy) is 1. The lowest BCUT2D eigenvalue weighted by Gasteiger charge is -2.07. The molecule has 0 saturated heterocycles. The molecule has 2 aromatic rings. The standard InChI is InChI=1S/C12H15BrN4O3S/c1-20-5-4-17-8-9(7-15-17)16-21(18,19)10-2-3-12(14)11(13)6-10/h2-3,6-8,16H,4-5,14H2,1H3. The first kappa shape index (κ1) is 15.8. The molecule has 114 valence electrons. The largest absolute Gasteiger partial charge is 0.398 e. The molecule has 1 heterocycles. The van der Waals surface area contributed by atoms with Gasteiger partial charge in [0.05, 0.1) is 29.9 Å². The van der Waals surface area contributed by atoms with Gasteiger partial charge in [0.2, 0.25) is 0 Å². The number of anilines is 2. The van der Waals surface area contributed by atoms with E-state index in [4.69, 9.17) is 10.5 Å². The van der Waals surface area contributed by atoms with Crippen LogP contribution in [0.15, 0.2) is 40.0 Å². The molecular formula is C12H15BrN4O3S. The number of nitrogens with two attached hydrogens (primary N) is 1. The molecule has 0 atom stereocenters. The average molecular weight is 375 g/mol. The topological polar surface area (TPSA) is 99.2 Å². The molecule has 0 spiro atoms. The van der Waals surface area contributed by atoms with Crippen molar-refractivity contribution < 1.29 is 13.2 Å². The van der Waals surface area contributed by atoms with Crippen LogP contribution in [-0.2, 0) is 21.3 Å². The fourth-order valence-corrected chi connectivity index (χ4v) is 3.20. The van der Waals surface area contributed by atoms with E-state index in [0.717, 1.165) is 0 Å². The first-order valence-electron chi connectivity index (χ1n) is 6.01. The molecule has 3 N–H and O–H groups in total. The third-order valence-corrected chi connectivity index (χ3v) is 4.76. The number of halogens is 1. The number of nitrogens with one attached hydrogen (secondary N) is 1. The molecular weight excluding hydrogens is 360 g/mol. The molecule has 0 bridgehead atoms. The number of nitrogen functional groups attached to an aromatic ring is 1. The van der Waals surface area contributed by atoms with Crippen LogP contribution in [-0.4, -0.2) is 31.9 Å². The Hall–Kier alpha value is -1.58. The molecule has 0 radical (unpaired) electrons. The molecule has 0 saturated carbocycles. The highest BCUT2D eigenvalue weighted by Crippen LogP contribution is 2.24. The van der Waals surface area contributed by atoms with Gasteiger partial charge in [-0.25, -0.2) is 8.42 Å². The van der Waals surface area contributed by atoms with E-state index in [1.165, 1.54) is 24.4 Å². The van der Waals surface area contributed by atoms with Crippen molar-refractivity contribution in [3.8, 4) is 0 Å². The Balaban J connectivity index is 2.16. The summed E-state index contributed by atoms with van der Waals surface area (Å²) in [5.41, 5.74) is 6.51. The second-order valence-corrected chi connectivity index (χ2v) is 6.81. The van der Waals surface area contributed by atoms with E-state index in [1.807, 2.05) is 0 Å². The van der Waals surface area contributed by atoms with E-state index in [9.17, 15) is 8.42 Å². The van der Waals surface area contributed by atoms with Crippen molar-refractivity contribution in [2.24, 2.45) is 0 Å². The third-order valence-electron chi connectivity index (χ3n) is 2.69. The van der Waals surface area contributed by atoms with Gasteiger partial charge in [-0.2, -0.15) is 5.10 Å². The van der Waals surface area contributed by atoms with Crippen molar-refractivity contribution >= 4 is 37.3 Å². The van der Waals surface area contributed by atoms with E-state index in [0.29, 0.717) is 29.0 Å². The number of hydrogen-bond acceptors (Lipinski definition) is 5. The minimum Gasteiger partial charge on any atom is -0.398 e. The summed E-state index contributed by atoms with van der Waals surface area (Å²) in [7, 11) is -2.09. The van der Waals surface area contributed by atoms with Crippen LogP contribution in [0.4, 0.5) is 11.4 Å². The molecule has 0 aliphatic rings. The predicted molar refractivity (Wildman–Crippen MR) is 83.5 cm³/mol.